The fraction of sp³-hybridized carbons (Fsp3) is 0.812. The molecule has 1 saturated heterocycles. The molecule has 10 atom stereocenters. The molecule has 10 heteroatoms. The Kier molecular flexibility index (Phi) is 5.54. The second-order valence-corrected chi connectivity index (χ2v) is 7.06. The minimum Gasteiger partial charge on any atom is -0.478 e. The molecule has 0 amide bonds. The molecule has 10 nitrogen and oxygen atoms in total. The molecular weight excluding hydrogens is 352 g/mol. The zero-order valence-electron chi connectivity index (χ0n) is 14.1. The van der Waals surface area contributed by atoms with E-state index >= 15 is 0 Å². The highest BCUT2D eigenvalue weighted by Gasteiger charge is 2.53. The predicted molar refractivity (Wildman–Crippen MR) is 82.2 cm³/mol. The summed E-state index contributed by atoms with van der Waals surface area (Å²) >= 11 is 0. The highest BCUT2D eigenvalue weighted by atomic mass is 16.8. The summed E-state index contributed by atoms with van der Waals surface area (Å²) in [5.74, 6) is -2.49. The van der Waals surface area contributed by atoms with Gasteiger partial charge in [0.15, 0.2) is 6.29 Å². The minimum absolute atomic E-state index is 0.0343. The van der Waals surface area contributed by atoms with E-state index in [4.69, 9.17) is 14.2 Å². The lowest BCUT2D eigenvalue weighted by atomic mass is 9.83. The van der Waals surface area contributed by atoms with Gasteiger partial charge in [0.1, 0.15) is 24.4 Å². The maximum atomic E-state index is 11.4. The van der Waals surface area contributed by atoms with Gasteiger partial charge in [-0.3, -0.25) is 0 Å². The number of carboxylic acid groups (broad SMARTS) is 1. The van der Waals surface area contributed by atoms with Crippen LogP contribution in [-0.4, -0.2) is 86.3 Å². The Morgan fingerprint density at radius 1 is 1.19 bits per heavy atom. The van der Waals surface area contributed by atoms with Gasteiger partial charge in [-0.2, -0.15) is 0 Å². The number of ether oxygens (including phenoxy) is 3. The second-order valence-electron chi connectivity index (χ2n) is 7.06. The van der Waals surface area contributed by atoms with E-state index in [1.807, 2.05) is 0 Å². The first-order valence-corrected chi connectivity index (χ1v) is 8.49. The zero-order chi connectivity index (χ0) is 19.2. The van der Waals surface area contributed by atoms with Gasteiger partial charge in [0.25, 0.3) is 0 Å². The number of aliphatic carboxylic acids is 1. The van der Waals surface area contributed by atoms with Crippen LogP contribution in [0.2, 0.25) is 0 Å². The molecule has 26 heavy (non-hydrogen) atoms. The molecule has 0 aromatic rings. The maximum Gasteiger partial charge on any atom is 0.334 e. The van der Waals surface area contributed by atoms with Gasteiger partial charge in [0.05, 0.1) is 24.5 Å². The van der Waals surface area contributed by atoms with Crippen LogP contribution in [0.5, 0.6) is 0 Å². The van der Waals surface area contributed by atoms with Gasteiger partial charge in [0.2, 0.25) is 6.29 Å². The van der Waals surface area contributed by atoms with E-state index in [1.165, 1.54) is 0 Å². The molecule has 148 valence electrons. The second kappa shape index (κ2) is 7.39. The molecule has 1 saturated carbocycles. The van der Waals surface area contributed by atoms with Gasteiger partial charge < -0.3 is 44.8 Å². The number of aliphatic hydroxyl groups is 5. The molecule has 2 heterocycles. The number of hydrogen-bond donors (Lipinski definition) is 6. The monoisotopic (exact) mass is 376 g/mol. The number of fused-ring (bicyclic) bond motifs is 1. The van der Waals surface area contributed by atoms with E-state index in [9.17, 15) is 35.4 Å². The third-order valence-corrected chi connectivity index (χ3v) is 5.58. The average Bonchev–Trinajstić information content (AvgIpc) is 2.90. The summed E-state index contributed by atoms with van der Waals surface area (Å²) < 4.78 is 16.3. The molecule has 2 fully saturated rings. The first kappa shape index (κ1) is 19.5. The van der Waals surface area contributed by atoms with Crippen molar-refractivity contribution < 1.29 is 49.6 Å². The molecule has 0 spiro atoms. The number of aliphatic hydroxyl groups excluding tert-OH is 5. The minimum atomic E-state index is -1.60. The van der Waals surface area contributed by atoms with Crippen molar-refractivity contribution in [3.63, 3.8) is 0 Å². The molecule has 0 aromatic carbocycles. The van der Waals surface area contributed by atoms with Gasteiger partial charge in [-0.1, -0.05) is 6.92 Å². The van der Waals surface area contributed by atoms with E-state index in [0.29, 0.717) is 0 Å². The van der Waals surface area contributed by atoms with Crippen molar-refractivity contribution in [2.75, 3.05) is 6.61 Å². The molecule has 2 aliphatic heterocycles. The topological polar surface area (TPSA) is 166 Å². The molecule has 3 rings (SSSR count). The van der Waals surface area contributed by atoms with E-state index < -0.39 is 67.5 Å². The van der Waals surface area contributed by atoms with Gasteiger partial charge in [-0.25, -0.2) is 4.79 Å². The molecule has 3 aliphatic rings. The van der Waals surface area contributed by atoms with Crippen LogP contribution >= 0.6 is 0 Å². The molecule has 1 aliphatic carbocycles. The SMILES string of the molecule is C[C@@H]1[C@H]2[C@@H](O[C@H]3O[C@H](CO)[C@@H](O)[C@@H](O)[C@H]3O)OC=C(C(=O)O)[C@H]2C[C@H]1O. The van der Waals surface area contributed by atoms with Crippen LogP contribution in [-0.2, 0) is 19.0 Å². The average molecular weight is 376 g/mol. The maximum absolute atomic E-state index is 11.4. The number of carbonyl (C=O) groups is 1. The van der Waals surface area contributed by atoms with Crippen LogP contribution in [0.15, 0.2) is 11.8 Å². The van der Waals surface area contributed by atoms with E-state index in [-0.39, 0.29) is 17.9 Å². The third-order valence-electron chi connectivity index (χ3n) is 5.58. The normalized spacial score (nSPS) is 48.5. The first-order valence-electron chi connectivity index (χ1n) is 8.49. The summed E-state index contributed by atoms with van der Waals surface area (Å²) in [6.45, 7) is 1.15. The van der Waals surface area contributed by atoms with Crippen LogP contribution in [0.3, 0.4) is 0 Å². The summed E-state index contributed by atoms with van der Waals surface area (Å²) in [6.07, 6.45) is -7.71. The fourth-order valence-corrected chi connectivity index (χ4v) is 3.99. The molecular formula is C16H24O10. The fourth-order valence-electron chi connectivity index (χ4n) is 3.99. The lowest BCUT2D eigenvalue weighted by Crippen LogP contribution is -2.60. The zero-order valence-corrected chi connectivity index (χ0v) is 14.1. The van der Waals surface area contributed by atoms with Gasteiger partial charge in [-0.05, 0) is 12.3 Å². The predicted octanol–water partition coefficient (Wildman–Crippen LogP) is -2.24. The van der Waals surface area contributed by atoms with Crippen LogP contribution < -0.4 is 0 Å². The molecule has 6 N–H and O–H groups in total. The van der Waals surface area contributed by atoms with E-state index in [1.54, 1.807) is 6.92 Å². The largest absolute Gasteiger partial charge is 0.478 e. The smallest absolute Gasteiger partial charge is 0.334 e. The van der Waals surface area contributed by atoms with Crippen LogP contribution in [0.4, 0.5) is 0 Å². The quantitative estimate of drug-likeness (QED) is 0.316. The highest BCUT2D eigenvalue weighted by molar-refractivity contribution is 5.87. The Morgan fingerprint density at radius 3 is 2.50 bits per heavy atom. The lowest BCUT2D eigenvalue weighted by molar-refractivity contribution is -0.342. The summed E-state index contributed by atoms with van der Waals surface area (Å²) in [6, 6.07) is 0. The molecule has 0 unspecified atom stereocenters. The van der Waals surface area contributed by atoms with Crippen molar-refractivity contribution in [1.82, 2.24) is 0 Å². The summed E-state index contributed by atoms with van der Waals surface area (Å²) in [5.41, 5.74) is 0.0343. The van der Waals surface area contributed by atoms with Crippen molar-refractivity contribution in [2.45, 2.75) is 56.4 Å². The Bertz CT molecular complexity index is 563. The van der Waals surface area contributed by atoms with Crippen LogP contribution in [0, 0.1) is 17.8 Å². The Labute approximate surface area is 149 Å². The van der Waals surface area contributed by atoms with Crippen LogP contribution in [0.1, 0.15) is 13.3 Å². The van der Waals surface area contributed by atoms with Crippen molar-refractivity contribution in [1.29, 1.82) is 0 Å². The first-order chi connectivity index (χ1) is 12.3. The summed E-state index contributed by atoms with van der Waals surface area (Å²) in [4.78, 5) is 11.4. The van der Waals surface area contributed by atoms with E-state index in [2.05, 4.69) is 0 Å². The van der Waals surface area contributed by atoms with Gasteiger partial charge in [0, 0.05) is 11.8 Å². The summed E-state index contributed by atoms with van der Waals surface area (Å²) in [5, 5.41) is 58.5. The van der Waals surface area contributed by atoms with Crippen molar-refractivity contribution in [3.05, 3.63) is 11.8 Å². The van der Waals surface area contributed by atoms with Crippen molar-refractivity contribution in [2.24, 2.45) is 17.8 Å². The van der Waals surface area contributed by atoms with E-state index in [0.717, 1.165) is 6.26 Å². The van der Waals surface area contributed by atoms with Gasteiger partial charge in [-0.15, -0.1) is 0 Å². The number of hydrogen-bond acceptors (Lipinski definition) is 9. The molecule has 0 radical (unpaired) electrons. The third kappa shape index (κ3) is 3.22. The lowest BCUT2D eigenvalue weighted by Gasteiger charge is -2.43. The Morgan fingerprint density at radius 2 is 1.88 bits per heavy atom. The van der Waals surface area contributed by atoms with Crippen LogP contribution in [0.25, 0.3) is 0 Å². The highest BCUT2D eigenvalue weighted by Crippen LogP contribution is 2.47. The Balaban J connectivity index is 1.79. The molecule has 0 bridgehead atoms. The Hall–Kier alpha value is -1.27. The number of rotatable bonds is 4. The van der Waals surface area contributed by atoms with Crippen molar-refractivity contribution in [3.8, 4) is 0 Å². The van der Waals surface area contributed by atoms with Crippen molar-refractivity contribution >= 4 is 5.97 Å². The summed E-state index contributed by atoms with van der Waals surface area (Å²) in [7, 11) is 0. The standard InChI is InChI=1S/C16H24O10/c1-5-8(18)2-6-7(14(22)23)4-24-15(10(5)6)26-16-13(21)12(20)11(19)9(3-17)25-16/h4-6,8-13,15-21H,2-3H2,1H3,(H,22,23)/t5-,6+,8+,9+,10+,11+,12+,13+,15+,16+/m0/s1. The molecule has 0 aromatic heterocycles. The van der Waals surface area contributed by atoms with Gasteiger partial charge >= 0.3 is 5.97 Å². The number of carboxylic acids is 1.